The van der Waals surface area contributed by atoms with Gasteiger partial charge in [-0.05, 0) is 25.1 Å². The Hall–Kier alpha value is -0.220. The van der Waals surface area contributed by atoms with Crippen LogP contribution in [0.4, 0.5) is 0 Å². The second-order valence-corrected chi connectivity index (χ2v) is 4.81. The highest BCUT2D eigenvalue weighted by molar-refractivity contribution is 7.99. The molecule has 2 aliphatic rings. The molecule has 0 aromatic carbocycles. The van der Waals surface area contributed by atoms with E-state index in [2.05, 4.69) is 5.32 Å². The quantitative estimate of drug-likeness (QED) is 0.604. The van der Waals surface area contributed by atoms with Crippen LogP contribution in [-0.2, 0) is 4.79 Å². The van der Waals surface area contributed by atoms with Crippen molar-refractivity contribution in [3.63, 3.8) is 0 Å². The van der Waals surface area contributed by atoms with Gasteiger partial charge in [0.15, 0.2) is 0 Å². The van der Waals surface area contributed by atoms with Gasteiger partial charge in [-0.1, -0.05) is 0 Å². The smallest absolute Gasteiger partial charge is 0.235 e. The first-order valence-corrected chi connectivity index (χ1v) is 5.51. The molecular formula is C8H14N2OS. The minimum absolute atomic E-state index is 0.0625. The maximum atomic E-state index is 11.1. The van der Waals surface area contributed by atoms with Crippen LogP contribution >= 0.6 is 11.8 Å². The molecule has 3 N–H and O–H groups in total. The van der Waals surface area contributed by atoms with Crippen LogP contribution in [0.2, 0.25) is 0 Å². The van der Waals surface area contributed by atoms with Gasteiger partial charge in [-0.2, -0.15) is 11.8 Å². The van der Waals surface area contributed by atoms with Crippen LogP contribution in [0.1, 0.15) is 12.8 Å². The molecule has 2 atom stereocenters. The molecule has 1 spiro atoms. The minimum Gasteiger partial charge on any atom is -0.368 e. The van der Waals surface area contributed by atoms with Crippen LogP contribution in [0.5, 0.6) is 0 Å². The summed E-state index contributed by atoms with van der Waals surface area (Å²) < 4.78 is 0. The highest BCUT2D eigenvalue weighted by atomic mass is 32.2. The van der Waals surface area contributed by atoms with Crippen LogP contribution in [0, 0.1) is 5.41 Å². The van der Waals surface area contributed by atoms with E-state index in [1.54, 1.807) is 0 Å². The summed E-state index contributed by atoms with van der Waals surface area (Å²) in [5.74, 6) is 2.12. The van der Waals surface area contributed by atoms with E-state index in [0.717, 1.165) is 25.1 Å². The van der Waals surface area contributed by atoms with E-state index < -0.39 is 0 Å². The lowest BCUT2D eigenvalue weighted by Crippen LogP contribution is -2.47. The maximum absolute atomic E-state index is 11.1. The monoisotopic (exact) mass is 186 g/mol. The molecular weight excluding hydrogens is 172 g/mol. The molecule has 2 unspecified atom stereocenters. The number of carbonyl (C=O) groups excluding carboxylic acids is 1. The van der Waals surface area contributed by atoms with Gasteiger partial charge in [0.25, 0.3) is 0 Å². The van der Waals surface area contributed by atoms with Gasteiger partial charge in [-0.15, -0.1) is 0 Å². The molecule has 68 valence electrons. The summed E-state index contributed by atoms with van der Waals surface area (Å²) >= 11 is 1.94. The van der Waals surface area contributed by atoms with Crippen molar-refractivity contribution in [1.29, 1.82) is 0 Å². The Kier molecular flexibility index (Phi) is 2.04. The van der Waals surface area contributed by atoms with Crippen LogP contribution in [0.25, 0.3) is 0 Å². The van der Waals surface area contributed by atoms with Crippen molar-refractivity contribution < 1.29 is 4.79 Å². The molecule has 2 fully saturated rings. The first-order chi connectivity index (χ1) is 5.75. The molecule has 0 aromatic heterocycles. The van der Waals surface area contributed by atoms with Gasteiger partial charge >= 0.3 is 0 Å². The molecule has 12 heavy (non-hydrogen) atoms. The molecule has 2 saturated heterocycles. The highest BCUT2D eigenvalue weighted by Gasteiger charge is 2.47. The summed E-state index contributed by atoms with van der Waals surface area (Å²) in [6.45, 7) is 0.953. The number of primary amides is 1. The van der Waals surface area contributed by atoms with Crippen molar-refractivity contribution in [3.8, 4) is 0 Å². The molecule has 2 rings (SSSR count). The van der Waals surface area contributed by atoms with Gasteiger partial charge in [-0.25, -0.2) is 0 Å². The SMILES string of the molecule is NC(=O)C1NCCC12CCSC2. The van der Waals surface area contributed by atoms with Gasteiger partial charge in [0.05, 0.1) is 6.04 Å². The Morgan fingerprint density at radius 1 is 1.58 bits per heavy atom. The van der Waals surface area contributed by atoms with Crippen molar-refractivity contribution >= 4 is 17.7 Å². The second-order valence-electron chi connectivity index (χ2n) is 3.70. The Morgan fingerprint density at radius 3 is 3.00 bits per heavy atom. The predicted molar refractivity (Wildman–Crippen MR) is 50.0 cm³/mol. The van der Waals surface area contributed by atoms with E-state index in [-0.39, 0.29) is 17.4 Å². The average Bonchev–Trinajstić information content (AvgIpc) is 2.61. The molecule has 0 aromatic rings. The predicted octanol–water partition coefficient (Wildman–Crippen LogP) is -0.0431. The van der Waals surface area contributed by atoms with Crippen LogP contribution in [-0.4, -0.2) is 30.0 Å². The third kappa shape index (κ3) is 1.13. The first-order valence-electron chi connectivity index (χ1n) is 4.35. The Balaban J connectivity index is 2.17. The van der Waals surface area contributed by atoms with Crippen molar-refractivity contribution in [1.82, 2.24) is 5.32 Å². The summed E-state index contributed by atoms with van der Waals surface area (Å²) in [5, 5.41) is 3.20. The fourth-order valence-electron chi connectivity index (χ4n) is 2.28. The fourth-order valence-corrected chi connectivity index (χ4v) is 3.83. The molecule has 0 aliphatic carbocycles. The molecule has 2 heterocycles. The first kappa shape index (κ1) is 8.38. The van der Waals surface area contributed by atoms with Gasteiger partial charge in [-0.3, -0.25) is 4.79 Å². The third-order valence-corrected chi connectivity index (χ3v) is 4.27. The Bertz CT molecular complexity index is 196. The summed E-state index contributed by atoms with van der Waals surface area (Å²) in [6, 6.07) is -0.0625. The summed E-state index contributed by atoms with van der Waals surface area (Å²) in [4.78, 5) is 11.1. The van der Waals surface area contributed by atoms with Crippen molar-refractivity contribution in [2.24, 2.45) is 11.1 Å². The summed E-state index contributed by atoms with van der Waals surface area (Å²) in [7, 11) is 0. The number of thioether (sulfide) groups is 1. The van der Waals surface area contributed by atoms with Gasteiger partial charge in [0, 0.05) is 11.2 Å². The topological polar surface area (TPSA) is 55.1 Å². The third-order valence-electron chi connectivity index (χ3n) is 3.00. The van der Waals surface area contributed by atoms with Crippen molar-refractivity contribution in [2.45, 2.75) is 18.9 Å². The van der Waals surface area contributed by atoms with E-state index in [1.165, 1.54) is 5.75 Å². The highest BCUT2D eigenvalue weighted by Crippen LogP contribution is 2.44. The molecule has 2 aliphatic heterocycles. The van der Waals surface area contributed by atoms with E-state index in [1.807, 2.05) is 11.8 Å². The average molecular weight is 186 g/mol. The summed E-state index contributed by atoms with van der Waals surface area (Å²) in [5.41, 5.74) is 5.55. The standard InChI is InChI=1S/C8H14N2OS/c9-7(11)6-8(1-3-10-6)2-4-12-5-8/h6,10H,1-5H2,(H2,9,11). The number of rotatable bonds is 1. The number of hydrogen-bond donors (Lipinski definition) is 2. The van der Waals surface area contributed by atoms with E-state index in [0.29, 0.717) is 0 Å². The van der Waals surface area contributed by atoms with E-state index in [4.69, 9.17) is 5.73 Å². The Morgan fingerprint density at radius 2 is 2.42 bits per heavy atom. The fraction of sp³-hybridized carbons (Fsp3) is 0.875. The molecule has 3 nitrogen and oxygen atoms in total. The van der Waals surface area contributed by atoms with E-state index >= 15 is 0 Å². The van der Waals surface area contributed by atoms with Crippen molar-refractivity contribution in [2.75, 3.05) is 18.1 Å². The number of hydrogen-bond acceptors (Lipinski definition) is 3. The molecule has 4 heteroatoms. The number of nitrogens with one attached hydrogen (secondary N) is 1. The van der Waals surface area contributed by atoms with Crippen LogP contribution in [0.15, 0.2) is 0 Å². The lowest BCUT2D eigenvalue weighted by Gasteiger charge is -2.26. The zero-order chi connectivity index (χ0) is 8.60. The maximum Gasteiger partial charge on any atom is 0.235 e. The van der Waals surface area contributed by atoms with E-state index in [9.17, 15) is 4.79 Å². The molecule has 0 radical (unpaired) electrons. The minimum atomic E-state index is -0.171. The van der Waals surface area contributed by atoms with Crippen LogP contribution < -0.4 is 11.1 Å². The number of amides is 1. The molecule has 1 amide bonds. The lowest BCUT2D eigenvalue weighted by atomic mass is 9.80. The largest absolute Gasteiger partial charge is 0.368 e. The normalized spacial score (nSPS) is 40.8. The van der Waals surface area contributed by atoms with Gasteiger partial charge in [0.1, 0.15) is 0 Å². The number of carbonyl (C=O) groups is 1. The second kappa shape index (κ2) is 2.92. The van der Waals surface area contributed by atoms with Crippen LogP contribution in [0.3, 0.4) is 0 Å². The van der Waals surface area contributed by atoms with Gasteiger partial charge < -0.3 is 11.1 Å². The van der Waals surface area contributed by atoms with Crippen molar-refractivity contribution in [3.05, 3.63) is 0 Å². The zero-order valence-corrected chi connectivity index (χ0v) is 7.82. The number of nitrogens with two attached hydrogens (primary N) is 1. The lowest BCUT2D eigenvalue weighted by molar-refractivity contribution is -0.121. The summed E-state index contributed by atoms with van der Waals surface area (Å²) in [6.07, 6.45) is 2.27. The Labute approximate surface area is 76.5 Å². The van der Waals surface area contributed by atoms with Gasteiger partial charge in [0.2, 0.25) is 5.91 Å². The molecule has 0 bridgehead atoms. The molecule has 0 saturated carbocycles. The zero-order valence-electron chi connectivity index (χ0n) is 7.01.